The van der Waals surface area contributed by atoms with Crippen molar-refractivity contribution in [1.82, 2.24) is 0 Å². The molecule has 0 amide bonds. The minimum absolute atomic E-state index is 0.0241. The zero-order valence-corrected chi connectivity index (χ0v) is 10.9. The summed E-state index contributed by atoms with van der Waals surface area (Å²) in [5.74, 6) is 0. The van der Waals surface area contributed by atoms with Gasteiger partial charge in [-0.15, -0.1) is 0 Å². The number of hydrogen-bond donors (Lipinski definition) is 1. The van der Waals surface area contributed by atoms with Gasteiger partial charge < -0.3 is 9.94 Å². The van der Waals surface area contributed by atoms with Gasteiger partial charge in [0.1, 0.15) is 6.61 Å². The fourth-order valence-electron chi connectivity index (χ4n) is 1.77. The van der Waals surface area contributed by atoms with Crippen LogP contribution in [0.15, 0.2) is 59.8 Å². The van der Waals surface area contributed by atoms with E-state index >= 15 is 0 Å². The van der Waals surface area contributed by atoms with E-state index in [9.17, 15) is 0 Å². The lowest BCUT2D eigenvalue weighted by atomic mass is 10.0. The third kappa shape index (κ3) is 3.66. The average molecular weight is 255 g/mol. The highest BCUT2D eigenvalue weighted by atomic mass is 16.6. The predicted octanol–water partition coefficient (Wildman–Crippen LogP) is 3.09. The van der Waals surface area contributed by atoms with E-state index in [0.717, 1.165) is 11.3 Å². The maximum absolute atomic E-state index is 8.62. The predicted molar refractivity (Wildman–Crippen MR) is 77.1 cm³/mol. The van der Waals surface area contributed by atoms with E-state index in [-0.39, 0.29) is 13.2 Å². The number of aliphatic hydroxyl groups is 1. The van der Waals surface area contributed by atoms with Crippen LogP contribution in [0.1, 0.15) is 12.5 Å². The number of hydrogen-bond acceptors (Lipinski definition) is 3. The molecule has 2 rings (SSSR count). The summed E-state index contributed by atoms with van der Waals surface area (Å²) in [5.41, 5.74) is 4.18. The van der Waals surface area contributed by atoms with Crippen molar-refractivity contribution in [2.45, 2.75) is 6.92 Å². The topological polar surface area (TPSA) is 41.8 Å². The van der Waals surface area contributed by atoms with Gasteiger partial charge >= 0.3 is 0 Å². The van der Waals surface area contributed by atoms with Gasteiger partial charge in [0.05, 0.1) is 12.3 Å². The molecule has 19 heavy (non-hydrogen) atoms. The first kappa shape index (κ1) is 13.3. The molecule has 0 saturated carbocycles. The first-order valence-electron chi connectivity index (χ1n) is 6.24. The molecule has 0 fully saturated rings. The third-order valence-corrected chi connectivity index (χ3v) is 2.79. The van der Waals surface area contributed by atoms with Crippen molar-refractivity contribution < 1.29 is 9.94 Å². The summed E-state index contributed by atoms with van der Waals surface area (Å²) >= 11 is 0. The van der Waals surface area contributed by atoms with Crippen LogP contribution in [0.2, 0.25) is 0 Å². The second-order valence-corrected chi connectivity index (χ2v) is 4.18. The molecule has 0 spiro atoms. The summed E-state index contributed by atoms with van der Waals surface area (Å²) in [6.45, 7) is 2.08. The minimum Gasteiger partial charge on any atom is -0.393 e. The van der Waals surface area contributed by atoms with Gasteiger partial charge in [-0.05, 0) is 23.6 Å². The van der Waals surface area contributed by atoms with E-state index in [2.05, 4.69) is 29.4 Å². The van der Waals surface area contributed by atoms with E-state index in [1.54, 1.807) is 0 Å². The molecule has 98 valence electrons. The molecule has 0 atom stereocenters. The van der Waals surface area contributed by atoms with Crippen molar-refractivity contribution >= 4 is 5.71 Å². The highest BCUT2D eigenvalue weighted by molar-refractivity contribution is 5.98. The second kappa shape index (κ2) is 6.71. The van der Waals surface area contributed by atoms with Gasteiger partial charge in [-0.3, -0.25) is 0 Å². The van der Waals surface area contributed by atoms with Gasteiger partial charge in [-0.1, -0.05) is 59.8 Å². The van der Waals surface area contributed by atoms with Crippen LogP contribution >= 0.6 is 0 Å². The summed E-state index contributed by atoms with van der Waals surface area (Å²) in [7, 11) is 0. The summed E-state index contributed by atoms with van der Waals surface area (Å²) < 4.78 is 0. The lowest BCUT2D eigenvalue weighted by Gasteiger charge is -2.04. The number of rotatable bonds is 5. The Hall–Kier alpha value is -2.13. The van der Waals surface area contributed by atoms with Gasteiger partial charge in [0.15, 0.2) is 0 Å². The van der Waals surface area contributed by atoms with Crippen molar-refractivity contribution in [3.63, 3.8) is 0 Å². The van der Waals surface area contributed by atoms with E-state index < -0.39 is 0 Å². The molecule has 0 unspecified atom stereocenters. The Bertz CT molecular complexity index is 532. The van der Waals surface area contributed by atoms with Gasteiger partial charge in [-0.2, -0.15) is 0 Å². The first-order chi connectivity index (χ1) is 9.31. The Morgan fingerprint density at radius 3 is 2.26 bits per heavy atom. The molecular formula is C16H17NO2. The molecule has 0 saturated heterocycles. The molecule has 0 aliphatic carbocycles. The average Bonchev–Trinajstić information content (AvgIpc) is 2.48. The van der Waals surface area contributed by atoms with E-state index in [4.69, 9.17) is 9.94 Å². The first-order valence-corrected chi connectivity index (χ1v) is 6.24. The number of nitrogens with zero attached hydrogens (tertiary/aromatic N) is 1. The molecule has 0 bridgehead atoms. The fourth-order valence-corrected chi connectivity index (χ4v) is 1.77. The second-order valence-electron chi connectivity index (χ2n) is 4.18. The molecular weight excluding hydrogens is 238 g/mol. The van der Waals surface area contributed by atoms with Crippen molar-refractivity contribution in [2.24, 2.45) is 5.16 Å². The standard InChI is InChI=1S/C16H17NO2/c1-13(17-19-12-11-18)14-7-9-16(10-8-14)15-5-3-2-4-6-15/h2-10,18H,11-12H2,1H3/b17-13-. The molecule has 0 radical (unpaired) electrons. The Labute approximate surface area is 113 Å². The van der Waals surface area contributed by atoms with Gasteiger partial charge in [0.25, 0.3) is 0 Å². The van der Waals surface area contributed by atoms with Crippen LogP contribution in [0.3, 0.4) is 0 Å². The van der Waals surface area contributed by atoms with Crippen LogP contribution in [-0.2, 0) is 4.84 Å². The fraction of sp³-hybridized carbons (Fsp3) is 0.188. The van der Waals surface area contributed by atoms with Crippen LogP contribution in [0.4, 0.5) is 0 Å². The van der Waals surface area contributed by atoms with Crippen LogP contribution in [0, 0.1) is 0 Å². The minimum atomic E-state index is -0.0241. The lowest BCUT2D eigenvalue weighted by Crippen LogP contribution is -1.99. The number of aliphatic hydroxyl groups excluding tert-OH is 1. The molecule has 0 aromatic heterocycles. The zero-order chi connectivity index (χ0) is 13.5. The molecule has 0 aliphatic heterocycles. The van der Waals surface area contributed by atoms with Crippen molar-refractivity contribution in [2.75, 3.05) is 13.2 Å². The maximum atomic E-state index is 8.62. The molecule has 0 aliphatic rings. The summed E-state index contributed by atoms with van der Waals surface area (Å²) in [6, 6.07) is 18.4. The van der Waals surface area contributed by atoms with Crippen LogP contribution in [0.25, 0.3) is 11.1 Å². The van der Waals surface area contributed by atoms with Gasteiger partial charge in [0, 0.05) is 0 Å². The molecule has 3 nitrogen and oxygen atoms in total. The van der Waals surface area contributed by atoms with Crippen molar-refractivity contribution in [3.05, 3.63) is 60.2 Å². The normalized spacial score (nSPS) is 11.4. The Kier molecular flexibility index (Phi) is 4.70. The van der Waals surface area contributed by atoms with Gasteiger partial charge in [-0.25, -0.2) is 0 Å². The van der Waals surface area contributed by atoms with Crippen molar-refractivity contribution in [1.29, 1.82) is 0 Å². The summed E-state index contributed by atoms with van der Waals surface area (Å²) in [6.07, 6.45) is 0. The summed E-state index contributed by atoms with van der Waals surface area (Å²) in [5, 5.41) is 12.6. The number of oxime groups is 1. The quantitative estimate of drug-likeness (QED) is 0.507. The Morgan fingerprint density at radius 1 is 1.00 bits per heavy atom. The molecule has 3 heteroatoms. The smallest absolute Gasteiger partial charge is 0.140 e. The van der Waals surface area contributed by atoms with E-state index in [1.807, 2.05) is 37.3 Å². The molecule has 1 N–H and O–H groups in total. The van der Waals surface area contributed by atoms with Gasteiger partial charge in [0.2, 0.25) is 0 Å². The van der Waals surface area contributed by atoms with E-state index in [0.29, 0.717) is 0 Å². The zero-order valence-electron chi connectivity index (χ0n) is 10.9. The highest BCUT2D eigenvalue weighted by Crippen LogP contribution is 2.19. The highest BCUT2D eigenvalue weighted by Gasteiger charge is 2.00. The van der Waals surface area contributed by atoms with Crippen LogP contribution in [-0.4, -0.2) is 24.0 Å². The van der Waals surface area contributed by atoms with Crippen LogP contribution < -0.4 is 0 Å². The Morgan fingerprint density at radius 2 is 1.63 bits per heavy atom. The molecule has 2 aromatic carbocycles. The summed E-state index contributed by atoms with van der Waals surface area (Å²) in [4.78, 5) is 4.95. The number of benzene rings is 2. The van der Waals surface area contributed by atoms with E-state index in [1.165, 1.54) is 11.1 Å². The molecule has 0 heterocycles. The Balaban J connectivity index is 2.12. The lowest BCUT2D eigenvalue weighted by molar-refractivity contribution is 0.0986. The third-order valence-electron chi connectivity index (χ3n) is 2.79. The monoisotopic (exact) mass is 255 g/mol. The largest absolute Gasteiger partial charge is 0.393 e. The van der Waals surface area contributed by atoms with Crippen molar-refractivity contribution in [3.8, 4) is 11.1 Å². The van der Waals surface area contributed by atoms with Crippen LogP contribution in [0.5, 0.6) is 0 Å². The maximum Gasteiger partial charge on any atom is 0.140 e. The molecule has 2 aromatic rings. The SMILES string of the molecule is C/C(=N/OCCO)c1ccc(-c2ccccc2)cc1.